The number of imide groups is 1. The standard InChI is InChI=1S/C8H7N3O2.C5H6N2O5/c9-4-1-2-5-6(3-4)8(13)11-10-7(5)12;8-3-1-2-4(9)7(3)12-5(10)6-11/h1-3H,9H2,(H,10,12)(H,11,13);11H,1-2H2,(H,6,10). The lowest BCUT2D eigenvalue weighted by atomic mass is 10.2. The summed E-state index contributed by atoms with van der Waals surface area (Å²) in [6, 6.07) is 4.58. The molecule has 2 aromatic rings. The second kappa shape index (κ2) is 7.27. The first-order valence-corrected chi connectivity index (χ1v) is 6.81. The fourth-order valence-corrected chi connectivity index (χ4v) is 1.96. The fraction of sp³-hybridized carbons (Fsp3) is 0.154. The van der Waals surface area contributed by atoms with E-state index in [1.165, 1.54) is 12.1 Å². The Morgan fingerprint density at radius 1 is 1.08 bits per heavy atom. The minimum Gasteiger partial charge on any atom is -0.399 e. The zero-order valence-corrected chi connectivity index (χ0v) is 12.6. The smallest absolute Gasteiger partial charge is 0.399 e. The highest BCUT2D eigenvalue weighted by Gasteiger charge is 2.32. The first-order chi connectivity index (χ1) is 11.8. The molecule has 0 unspecified atom stereocenters. The number of rotatable bonds is 1. The van der Waals surface area contributed by atoms with E-state index in [1.54, 1.807) is 6.07 Å². The molecule has 0 spiro atoms. The molecule has 2 heterocycles. The summed E-state index contributed by atoms with van der Waals surface area (Å²) in [6.45, 7) is 0. The number of fused-ring (bicyclic) bond motifs is 1. The number of carbonyl (C=O) groups excluding carboxylic acids is 3. The van der Waals surface area contributed by atoms with Gasteiger partial charge >= 0.3 is 6.09 Å². The molecule has 0 aliphatic carbocycles. The zero-order valence-electron chi connectivity index (χ0n) is 12.6. The number of aromatic nitrogens is 2. The largest absolute Gasteiger partial charge is 0.456 e. The lowest BCUT2D eigenvalue weighted by Gasteiger charge is -2.10. The monoisotopic (exact) mass is 351 g/mol. The maximum atomic E-state index is 11.2. The van der Waals surface area contributed by atoms with Crippen LogP contribution in [0, 0.1) is 0 Å². The van der Waals surface area contributed by atoms with E-state index in [9.17, 15) is 24.0 Å². The van der Waals surface area contributed by atoms with E-state index in [0.29, 0.717) is 21.5 Å². The van der Waals surface area contributed by atoms with Crippen LogP contribution in [0.25, 0.3) is 10.8 Å². The molecule has 25 heavy (non-hydrogen) atoms. The molecule has 1 aromatic carbocycles. The number of hydrogen-bond donors (Lipinski definition) is 5. The number of hydrogen-bond acceptors (Lipinski definition) is 8. The Hall–Kier alpha value is -3.67. The Balaban J connectivity index is 0.000000181. The summed E-state index contributed by atoms with van der Waals surface area (Å²) < 4.78 is 0. The number of hydroxylamine groups is 3. The number of anilines is 1. The van der Waals surface area contributed by atoms with Crippen LogP contribution in [-0.2, 0) is 14.4 Å². The molecular weight excluding hydrogens is 338 g/mol. The predicted octanol–water partition coefficient (Wildman–Crippen LogP) is -1.04. The number of H-pyrrole nitrogens is 2. The predicted molar refractivity (Wildman–Crippen MR) is 82.1 cm³/mol. The summed E-state index contributed by atoms with van der Waals surface area (Å²) >= 11 is 0. The van der Waals surface area contributed by atoms with Crippen molar-refractivity contribution in [1.82, 2.24) is 20.7 Å². The number of nitrogens with two attached hydrogens (primary N) is 1. The van der Waals surface area contributed by atoms with Crippen molar-refractivity contribution in [3.05, 3.63) is 38.9 Å². The molecule has 0 atom stereocenters. The highest BCUT2D eigenvalue weighted by Crippen LogP contribution is 2.11. The Bertz CT molecular complexity index is 932. The van der Waals surface area contributed by atoms with E-state index in [0.717, 1.165) is 5.48 Å². The van der Waals surface area contributed by atoms with Crippen LogP contribution in [-0.4, -0.2) is 38.4 Å². The third kappa shape index (κ3) is 4.00. The van der Waals surface area contributed by atoms with Crippen molar-refractivity contribution < 1.29 is 24.4 Å². The molecule has 1 saturated heterocycles. The Morgan fingerprint density at radius 2 is 1.64 bits per heavy atom. The Morgan fingerprint density at radius 3 is 2.20 bits per heavy atom. The molecule has 1 fully saturated rings. The lowest BCUT2D eigenvalue weighted by molar-refractivity contribution is -0.173. The molecule has 1 aromatic heterocycles. The Kier molecular flexibility index (Phi) is 5.14. The highest BCUT2D eigenvalue weighted by molar-refractivity contribution is 6.01. The van der Waals surface area contributed by atoms with Gasteiger partial charge in [0.2, 0.25) is 0 Å². The average Bonchev–Trinajstić information content (AvgIpc) is 2.90. The first kappa shape index (κ1) is 17.7. The number of carbonyl (C=O) groups is 3. The van der Waals surface area contributed by atoms with Crippen LogP contribution in [0.4, 0.5) is 10.5 Å². The molecule has 132 valence electrons. The van der Waals surface area contributed by atoms with Crippen LogP contribution < -0.4 is 22.3 Å². The molecule has 1 aliphatic rings. The van der Waals surface area contributed by atoms with Gasteiger partial charge in [0.05, 0.1) is 10.8 Å². The van der Waals surface area contributed by atoms with Gasteiger partial charge in [0.1, 0.15) is 0 Å². The highest BCUT2D eigenvalue weighted by atomic mass is 16.8. The van der Waals surface area contributed by atoms with Crippen LogP contribution in [0.3, 0.4) is 0 Å². The number of amides is 3. The molecule has 12 nitrogen and oxygen atoms in total. The molecule has 3 rings (SSSR count). The summed E-state index contributed by atoms with van der Waals surface area (Å²) in [5.41, 5.74) is 6.40. The SMILES string of the molecule is Nc1ccc2c(=O)[nH][nH]c(=O)c2c1.O=C(NO)ON1C(=O)CCC1=O. The summed E-state index contributed by atoms with van der Waals surface area (Å²) in [5.74, 6) is -1.19. The minimum absolute atomic E-state index is 0.0253. The van der Waals surface area contributed by atoms with Gasteiger partial charge in [0.25, 0.3) is 22.9 Å². The van der Waals surface area contributed by atoms with Crippen molar-refractivity contribution in [3.8, 4) is 0 Å². The second-order valence-corrected chi connectivity index (χ2v) is 4.79. The molecule has 0 saturated carbocycles. The van der Waals surface area contributed by atoms with Gasteiger partial charge in [0, 0.05) is 18.5 Å². The number of aromatic amines is 2. The van der Waals surface area contributed by atoms with Gasteiger partial charge in [-0.3, -0.25) is 34.6 Å². The summed E-state index contributed by atoms with van der Waals surface area (Å²) in [4.78, 5) is 58.3. The number of nitrogen functional groups attached to an aromatic ring is 1. The molecular formula is C13H13N5O7. The molecule has 0 radical (unpaired) electrons. The van der Waals surface area contributed by atoms with Crippen LogP contribution >= 0.6 is 0 Å². The summed E-state index contributed by atoms with van der Waals surface area (Å²) in [6.07, 6.45) is -1.21. The van der Waals surface area contributed by atoms with Crippen LogP contribution in [0.2, 0.25) is 0 Å². The normalized spacial score (nSPS) is 13.4. The maximum Gasteiger partial charge on any atom is 0.456 e. The van der Waals surface area contributed by atoms with Gasteiger partial charge in [-0.1, -0.05) is 0 Å². The molecule has 3 amide bonds. The second-order valence-electron chi connectivity index (χ2n) is 4.79. The molecule has 0 bridgehead atoms. The van der Waals surface area contributed by atoms with Gasteiger partial charge in [-0.25, -0.2) is 10.3 Å². The van der Waals surface area contributed by atoms with Gasteiger partial charge in [-0.15, -0.1) is 5.06 Å². The zero-order chi connectivity index (χ0) is 18.6. The third-order valence-corrected chi connectivity index (χ3v) is 3.09. The van der Waals surface area contributed by atoms with Gasteiger partial charge in [0.15, 0.2) is 0 Å². The quantitative estimate of drug-likeness (QED) is 0.186. The topological polar surface area (TPSA) is 188 Å². The van der Waals surface area contributed by atoms with E-state index >= 15 is 0 Å². The van der Waals surface area contributed by atoms with Gasteiger partial charge in [-0.05, 0) is 18.2 Å². The van der Waals surface area contributed by atoms with Crippen molar-refractivity contribution in [2.75, 3.05) is 5.73 Å². The molecule has 1 aliphatic heterocycles. The van der Waals surface area contributed by atoms with Crippen LogP contribution in [0.15, 0.2) is 27.8 Å². The first-order valence-electron chi connectivity index (χ1n) is 6.81. The van der Waals surface area contributed by atoms with Crippen LogP contribution in [0.5, 0.6) is 0 Å². The van der Waals surface area contributed by atoms with E-state index in [4.69, 9.17) is 10.9 Å². The van der Waals surface area contributed by atoms with Crippen molar-refractivity contribution in [2.45, 2.75) is 12.8 Å². The van der Waals surface area contributed by atoms with E-state index in [2.05, 4.69) is 15.0 Å². The van der Waals surface area contributed by atoms with Crippen molar-refractivity contribution in [3.63, 3.8) is 0 Å². The van der Waals surface area contributed by atoms with Crippen molar-refractivity contribution >= 4 is 34.4 Å². The summed E-state index contributed by atoms with van der Waals surface area (Å²) in [5, 5.41) is 13.4. The number of nitrogens with zero attached hydrogens (tertiary/aromatic N) is 1. The molecule has 6 N–H and O–H groups in total. The van der Waals surface area contributed by atoms with Gasteiger partial charge in [-0.2, -0.15) is 0 Å². The fourth-order valence-electron chi connectivity index (χ4n) is 1.96. The average molecular weight is 351 g/mol. The van der Waals surface area contributed by atoms with Crippen LogP contribution in [0.1, 0.15) is 12.8 Å². The minimum atomic E-state index is -1.27. The molecule has 12 heteroatoms. The summed E-state index contributed by atoms with van der Waals surface area (Å²) in [7, 11) is 0. The number of benzene rings is 1. The van der Waals surface area contributed by atoms with Crippen molar-refractivity contribution in [1.29, 1.82) is 0 Å². The van der Waals surface area contributed by atoms with E-state index < -0.39 is 17.9 Å². The van der Waals surface area contributed by atoms with E-state index in [-0.39, 0.29) is 24.0 Å². The van der Waals surface area contributed by atoms with Crippen molar-refractivity contribution in [2.24, 2.45) is 0 Å². The maximum absolute atomic E-state index is 11.2. The van der Waals surface area contributed by atoms with Gasteiger partial charge < -0.3 is 10.6 Å². The number of nitrogens with one attached hydrogen (secondary N) is 3. The third-order valence-electron chi connectivity index (χ3n) is 3.09. The van der Waals surface area contributed by atoms with E-state index in [1.807, 2.05) is 0 Å². The lowest BCUT2D eigenvalue weighted by Crippen LogP contribution is -2.35. The Labute approximate surface area is 138 Å².